The van der Waals surface area contributed by atoms with Gasteiger partial charge in [0.2, 0.25) is 0 Å². The molecule has 1 aliphatic rings. The summed E-state index contributed by atoms with van der Waals surface area (Å²) in [6.07, 6.45) is 2.13. The predicted molar refractivity (Wildman–Crippen MR) is 136 cm³/mol. The zero-order valence-corrected chi connectivity index (χ0v) is 21.2. The van der Waals surface area contributed by atoms with Gasteiger partial charge in [0.05, 0.1) is 5.69 Å². The fourth-order valence-corrected chi connectivity index (χ4v) is 4.42. The molecular formula is C27H33ClN4O2. The quantitative estimate of drug-likeness (QED) is 0.476. The van der Waals surface area contributed by atoms with Crippen molar-refractivity contribution in [3.05, 3.63) is 81.1 Å². The maximum Gasteiger partial charge on any atom is 0.253 e. The van der Waals surface area contributed by atoms with Gasteiger partial charge in [-0.1, -0.05) is 23.7 Å². The Kier molecular flexibility index (Phi) is 7.59. The molecule has 180 valence electrons. The molecule has 0 saturated carbocycles. The number of carbonyl (C=O) groups excluding carboxylic acids is 1. The number of ether oxygens (including phenoxy) is 1. The molecule has 4 rings (SSSR count). The molecule has 0 spiro atoms. The first-order valence-corrected chi connectivity index (χ1v) is 12.2. The number of aryl methyl sites for hydroxylation is 4. The molecule has 1 amide bonds. The highest BCUT2D eigenvalue weighted by atomic mass is 35.5. The summed E-state index contributed by atoms with van der Waals surface area (Å²) in [6, 6.07) is 11.6. The Morgan fingerprint density at radius 2 is 1.68 bits per heavy atom. The van der Waals surface area contributed by atoms with Gasteiger partial charge in [0.1, 0.15) is 12.4 Å². The van der Waals surface area contributed by atoms with Crippen LogP contribution in [0.1, 0.15) is 45.2 Å². The lowest BCUT2D eigenvalue weighted by molar-refractivity contribution is 0.0628. The predicted octanol–water partition coefficient (Wildman–Crippen LogP) is 5.02. The van der Waals surface area contributed by atoms with E-state index in [0.29, 0.717) is 6.61 Å². The van der Waals surface area contributed by atoms with Crippen LogP contribution >= 0.6 is 11.6 Å². The van der Waals surface area contributed by atoms with Crippen molar-refractivity contribution in [2.75, 3.05) is 26.2 Å². The van der Waals surface area contributed by atoms with Crippen LogP contribution in [0.15, 0.2) is 42.6 Å². The Balaban J connectivity index is 1.28. The summed E-state index contributed by atoms with van der Waals surface area (Å²) < 4.78 is 7.92. The maximum atomic E-state index is 13.0. The first-order valence-electron chi connectivity index (χ1n) is 11.9. The lowest BCUT2D eigenvalue weighted by atomic mass is 10.1. The zero-order chi connectivity index (χ0) is 24.2. The monoisotopic (exact) mass is 480 g/mol. The molecule has 7 heteroatoms. The fourth-order valence-electron chi connectivity index (χ4n) is 4.31. The van der Waals surface area contributed by atoms with Gasteiger partial charge in [0, 0.05) is 61.6 Å². The van der Waals surface area contributed by atoms with E-state index < -0.39 is 0 Å². The molecule has 1 aliphatic heterocycles. The molecule has 34 heavy (non-hydrogen) atoms. The van der Waals surface area contributed by atoms with E-state index in [1.165, 1.54) is 5.56 Å². The third-order valence-corrected chi connectivity index (χ3v) is 7.04. The first kappa shape index (κ1) is 24.3. The van der Waals surface area contributed by atoms with E-state index in [9.17, 15) is 4.79 Å². The summed E-state index contributed by atoms with van der Waals surface area (Å²) in [5, 5.41) is 5.31. The number of aromatic nitrogens is 2. The summed E-state index contributed by atoms with van der Waals surface area (Å²) in [4.78, 5) is 17.4. The van der Waals surface area contributed by atoms with Gasteiger partial charge in [-0.15, -0.1) is 0 Å². The van der Waals surface area contributed by atoms with Crippen molar-refractivity contribution < 1.29 is 9.53 Å². The zero-order valence-electron chi connectivity index (χ0n) is 20.5. The third kappa shape index (κ3) is 5.62. The van der Waals surface area contributed by atoms with E-state index in [1.807, 2.05) is 59.8 Å². The second kappa shape index (κ2) is 10.6. The van der Waals surface area contributed by atoms with E-state index in [0.717, 1.165) is 78.0 Å². The SMILES string of the molecule is CCn1cc(CN2CCN(C(=O)c3ccc(COc4cc(C)c(Cl)c(C)c4)cc3)CC2)c(C)n1. The third-order valence-electron chi connectivity index (χ3n) is 6.44. The molecule has 1 fully saturated rings. The van der Waals surface area contributed by atoms with Crippen LogP contribution in [0.5, 0.6) is 5.75 Å². The molecule has 0 unspecified atom stereocenters. The lowest BCUT2D eigenvalue weighted by Gasteiger charge is -2.34. The lowest BCUT2D eigenvalue weighted by Crippen LogP contribution is -2.48. The Bertz CT molecular complexity index is 1120. The highest BCUT2D eigenvalue weighted by Gasteiger charge is 2.23. The Morgan fingerprint density at radius 1 is 1.03 bits per heavy atom. The van der Waals surface area contributed by atoms with Crippen molar-refractivity contribution in [1.29, 1.82) is 0 Å². The minimum Gasteiger partial charge on any atom is -0.489 e. The van der Waals surface area contributed by atoms with Crippen molar-refractivity contribution in [2.45, 2.75) is 47.4 Å². The smallest absolute Gasteiger partial charge is 0.253 e. The van der Waals surface area contributed by atoms with Crippen LogP contribution < -0.4 is 4.74 Å². The van der Waals surface area contributed by atoms with Gasteiger partial charge in [-0.25, -0.2) is 0 Å². The molecule has 1 aromatic heterocycles. The second-order valence-corrected chi connectivity index (χ2v) is 9.40. The molecule has 0 bridgehead atoms. The molecule has 0 radical (unpaired) electrons. The first-order chi connectivity index (χ1) is 16.3. The van der Waals surface area contributed by atoms with Crippen LogP contribution in [0.25, 0.3) is 0 Å². The maximum absolute atomic E-state index is 13.0. The number of benzene rings is 2. The van der Waals surface area contributed by atoms with Crippen LogP contribution in [-0.4, -0.2) is 51.7 Å². The van der Waals surface area contributed by atoms with Gasteiger partial charge in [-0.2, -0.15) is 5.10 Å². The highest BCUT2D eigenvalue weighted by molar-refractivity contribution is 6.32. The van der Waals surface area contributed by atoms with Gasteiger partial charge in [-0.05, 0) is 68.7 Å². The number of nitrogens with zero attached hydrogens (tertiary/aromatic N) is 4. The average molecular weight is 481 g/mol. The molecule has 1 saturated heterocycles. The van der Waals surface area contributed by atoms with Crippen molar-refractivity contribution in [2.24, 2.45) is 0 Å². The van der Waals surface area contributed by atoms with Crippen LogP contribution in [0.4, 0.5) is 0 Å². The minimum atomic E-state index is 0.0889. The van der Waals surface area contributed by atoms with Crippen molar-refractivity contribution in [3.63, 3.8) is 0 Å². The van der Waals surface area contributed by atoms with Crippen LogP contribution in [0.3, 0.4) is 0 Å². The topological polar surface area (TPSA) is 50.6 Å². The fraction of sp³-hybridized carbons (Fsp3) is 0.407. The molecule has 0 atom stereocenters. The minimum absolute atomic E-state index is 0.0889. The number of halogens is 1. The van der Waals surface area contributed by atoms with Crippen LogP contribution in [0, 0.1) is 20.8 Å². The van der Waals surface area contributed by atoms with Gasteiger partial charge >= 0.3 is 0 Å². The average Bonchev–Trinajstić information content (AvgIpc) is 3.20. The Morgan fingerprint density at radius 3 is 2.26 bits per heavy atom. The highest BCUT2D eigenvalue weighted by Crippen LogP contribution is 2.26. The normalized spacial score (nSPS) is 14.4. The largest absolute Gasteiger partial charge is 0.489 e. The van der Waals surface area contributed by atoms with Gasteiger partial charge in [0.15, 0.2) is 0 Å². The van der Waals surface area contributed by atoms with Crippen molar-refractivity contribution in [1.82, 2.24) is 19.6 Å². The number of carbonyl (C=O) groups is 1. The number of amides is 1. The number of hydrogen-bond donors (Lipinski definition) is 0. The molecule has 3 aromatic rings. The van der Waals surface area contributed by atoms with Crippen LogP contribution in [-0.2, 0) is 19.7 Å². The molecule has 2 aromatic carbocycles. The summed E-state index contributed by atoms with van der Waals surface area (Å²) in [7, 11) is 0. The van der Waals surface area contributed by atoms with Crippen molar-refractivity contribution >= 4 is 17.5 Å². The van der Waals surface area contributed by atoms with Crippen LogP contribution in [0.2, 0.25) is 5.02 Å². The molecular weight excluding hydrogens is 448 g/mol. The molecule has 0 N–H and O–H groups in total. The summed E-state index contributed by atoms with van der Waals surface area (Å²) in [5.41, 5.74) is 6.10. The number of piperazine rings is 1. The van der Waals surface area contributed by atoms with E-state index in [-0.39, 0.29) is 5.91 Å². The molecule has 2 heterocycles. The standard InChI is InChI=1S/C27H33ClN4O2/c1-5-32-17-24(21(4)29-32)16-30-10-12-31(13-11-30)27(33)23-8-6-22(7-9-23)18-34-25-14-19(2)26(28)20(3)15-25/h6-9,14-15,17H,5,10-13,16,18H2,1-4H3. The molecule has 6 nitrogen and oxygen atoms in total. The van der Waals surface area contributed by atoms with Crippen molar-refractivity contribution in [3.8, 4) is 5.75 Å². The number of hydrogen-bond acceptors (Lipinski definition) is 4. The van der Waals surface area contributed by atoms with Gasteiger partial charge in [0.25, 0.3) is 5.91 Å². The second-order valence-electron chi connectivity index (χ2n) is 9.02. The van der Waals surface area contributed by atoms with Gasteiger partial charge < -0.3 is 9.64 Å². The summed E-state index contributed by atoms with van der Waals surface area (Å²) in [5.74, 6) is 0.890. The Hall–Kier alpha value is -2.83. The van der Waals surface area contributed by atoms with E-state index in [4.69, 9.17) is 16.3 Å². The molecule has 0 aliphatic carbocycles. The Labute approximate surface area is 207 Å². The van der Waals surface area contributed by atoms with Gasteiger partial charge in [-0.3, -0.25) is 14.4 Å². The summed E-state index contributed by atoms with van der Waals surface area (Å²) >= 11 is 6.24. The van der Waals surface area contributed by atoms with E-state index in [1.54, 1.807) is 0 Å². The van der Waals surface area contributed by atoms with E-state index >= 15 is 0 Å². The van der Waals surface area contributed by atoms with E-state index in [2.05, 4.69) is 30.0 Å². The summed E-state index contributed by atoms with van der Waals surface area (Å²) in [6.45, 7) is 13.5. The number of rotatable bonds is 7.